The lowest BCUT2D eigenvalue weighted by Gasteiger charge is -2.09. The molecule has 18 heavy (non-hydrogen) atoms. The summed E-state index contributed by atoms with van der Waals surface area (Å²) < 4.78 is 22.6. The Morgan fingerprint density at radius 3 is 2.61 bits per heavy atom. The molecular weight excluding hydrogens is 272 g/mol. The molecule has 0 spiro atoms. The average Bonchev–Trinajstić information content (AvgIpc) is 2.67. The predicted molar refractivity (Wildman–Crippen MR) is 72.2 cm³/mol. The number of hydrogen-bond donors (Lipinski definition) is 2. The number of hydrogen-bond acceptors (Lipinski definition) is 4. The van der Waals surface area contributed by atoms with Crippen LogP contribution in [0.2, 0.25) is 0 Å². The van der Waals surface area contributed by atoms with Gasteiger partial charge in [0.05, 0.1) is 5.56 Å². The van der Waals surface area contributed by atoms with Gasteiger partial charge >= 0.3 is 0 Å². The number of carbonyl (C=O) groups excluding carboxylic acids is 1. The van der Waals surface area contributed by atoms with Crippen molar-refractivity contribution in [3.63, 3.8) is 0 Å². The normalized spacial score (nSPS) is 13.3. The molecule has 0 bridgehead atoms. The van der Waals surface area contributed by atoms with E-state index in [0.717, 1.165) is 17.8 Å². The van der Waals surface area contributed by atoms with Gasteiger partial charge < -0.3 is 5.32 Å². The first kappa shape index (κ1) is 15.1. The first-order valence-corrected chi connectivity index (χ1v) is 8.09. The molecule has 0 aromatic carbocycles. The molecule has 0 fully saturated rings. The first-order valence-electron chi connectivity index (χ1n) is 5.66. The van der Waals surface area contributed by atoms with Crippen LogP contribution in [0, 0.1) is 12.8 Å². The molecule has 0 radical (unpaired) electrons. The topological polar surface area (TPSA) is 89.3 Å². The van der Waals surface area contributed by atoms with Gasteiger partial charge in [-0.25, -0.2) is 13.6 Å². The van der Waals surface area contributed by atoms with Crippen LogP contribution in [0.1, 0.15) is 36.2 Å². The highest BCUT2D eigenvalue weighted by molar-refractivity contribution is 7.91. The first-order chi connectivity index (χ1) is 8.27. The fourth-order valence-electron chi connectivity index (χ4n) is 1.41. The Balaban J connectivity index is 2.86. The summed E-state index contributed by atoms with van der Waals surface area (Å²) in [4.78, 5) is 11.9. The Kier molecular flexibility index (Phi) is 4.89. The van der Waals surface area contributed by atoms with Crippen molar-refractivity contribution in [3.8, 4) is 0 Å². The summed E-state index contributed by atoms with van der Waals surface area (Å²) in [6.45, 7) is 6.26. The lowest BCUT2D eigenvalue weighted by molar-refractivity contribution is 0.0947. The van der Waals surface area contributed by atoms with Crippen LogP contribution < -0.4 is 10.5 Å². The van der Waals surface area contributed by atoms with Gasteiger partial charge in [0, 0.05) is 11.9 Å². The zero-order valence-electron chi connectivity index (χ0n) is 10.7. The SMILES string of the molecule is CCC(C)CNC(=O)c1csc(S(N)(=O)=O)c1C. The molecule has 1 amide bonds. The maximum atomic E-state index is 11.9. The van der Waals surface area contributed by atoms with Crippen LogP contribution in [0.3, 0.4) is 0 Å². The van der Waals surface area contributed by atoms with Crippen molar-refractivity contribution >= 4 is 27.3 Å². The highest BCUT2D eigenvalue weighted by atomic mass is 32.2. The van der Waals surface area contributed by atoms with Crippen LogP contribution in [0.5, 0.6) is 0 Å². The van der Waals surface area contributed by atoms with E-state index in [9.17, 15) is 13.2 Å². The van der Waals surface area contributed by atoms with Crippen molar-refractivity contribution in [1.82, 2.24) is 5.32 Å². The van der Waals surface area contributed by atoms with Crippen molar-refractivity contribution in [2.75, 3.05) is 6.54 Å². The molecule has 1 rings (SSSR count). The monoisotopic (exact) mass is 290 g/mol. The fourth-order valence-corrected chi connectivity index (χ4v) is 3.42. The maximum Gasteiger partial charge on any atom is 0.252 e. The van der Waals surface area contributed by atoms with Gasteiger partial charge in [-0.2, -0.15) is 0 Å². The molecule has 1 heterocycles. The van der Waals surface area contributed by atoms with Gasteiger partial charge in [-0.15, -0.1) is 11.3 Å². The van der Waals surface area contributed by atoms with Crippen LogP contribution in [-0.4, -0.2) is 20.9 Å². The van der Waals surface area contributed by atoms with E-state index in [0.29, 0.717) is 23.6 Å². The highest BCUT2D eigenvalue weighted by Gasteiger charge is 2.20. The lowest BCUT2D eigenvalue weighted by Crippen LogP contribution is -2.28. The largest absolute Gasteiger partial charge is 0.352 e. The Hall–Kier alpha value is -0.920. The van der Waals surface area contributed by atoms with Crippen LogP contribution >= 0.6 is 11.3 Å². The zero-order chi connectivity index (χ0) is 13.9. The van der Waals surface area contributed by atoms with Crippen molar-refractivity contribution in [1.29, 1.82) is 0 Å². The summed E-state index contributed by atoms with van der Waals surface area (Å²) in [6, 6.07) is 0. The molecular formula is C11H18N2O3S2. The molecule has 1 aromatic heterocycles. The summed E-state index contributed by atoms with van der Waals surface area (Å²) in [5.74, 6) is 0.143. The third-order valence-electron chi connectivity index (χ3n) is 2.81. The quantitative estimate of drug-likeness (QED) is 0.860. The number of sulfonamides is 1. The molecule has 0 aliphatic heterocycles. The molecule has 102 valence electrons. The fraction of sp³-hybridized carbons (Fsp3) is 0.545. The van der Waals surface area contributed by atoms with E-state index >= 15 is 0 Å². The number of rotatable bonds is 5. The highest BCUT2D eigenvalue weighted by Crippen LogP contribution is 2.25. The summed E-state index contributed by atoms with van der Waals surface area (Å²) in [5, 5.41) is 9.38. The zero-order valence-corrected chi connectivity index (χ0v) is 12.3. The number of nitrogens with two attached hydrogens (primary N) is 1. The third kappa shape index (κ3) is 3.54. The Morgan fingerprint density at radius 2 is 2.17 bits per heavy atom. The molecule has 0 aliphatic rings. The van der Waals surface area contributed by atoms with E-state index in [4.69, 9.17) is 5.14 Å². The van der Waals surface area contributed by atoms with Gasteiger partial charge in [-0.3, -0.25) is 4.79 Å². The van der Waals surface area contributed by atoms with E-state index in [2.05, 4.69) is 5.32 Å². The average molecular weight is 290 g/mol. The van der Waals surface area contributed by atoms with Crippen molar-refractivity contribution < 1.29 is 13.2 Å². The van der Waals surface area contributed by atoms with Gasteiger partial charge in [-0.05, 0) is 18.4 Å². The second-order valence-corrected chi connectivity index (χ2v) is 6.97. The minimum atomic E-state index is -3.74. The van der Waals surface area contributed by atoms with E-state index in [1.807, 2.05) is 13.8 Å². The summed E-state index contributed by atoms with van der Waals surface area (Å²) >= 11 is 0.978. The van der Waals surface area contributed by atoms with E-state index in [-0.39, 0.29) is 10.1 Å². The van der Waals surface area contributed by atoms with Crippen LogP contribution in [0.4, 0.5) is 0 Å². The Labute approximate surface area is 111 Å². The molecule has 7 heteroatoms. The summed E-state index contributed by atoms with van der Waals surface area (Å²) in [5.41, 5.74) is 0.802. The summed E-state index contributed by atoms with van der Waals surface area (Å²) in [6.07, 6.45) is 0.978. The van der Waals surface area contributed by atoms with Crippen LogP contribution in [0.15, 0.2) is 9.59 Å². The Morgan fingerprint density at radius 1 is 1.56 bits per heavy atom. The van der Waals surface area contributed by atoms with E-state index < -0.39 is 10.0 Å². The standard InChI is InChI=1S/C11H18N2O3S2/c1-4-7(2)5-13-10(14)9-6-17-11(8(9)3)18(12,15)16/h6-7H,4-5H2,1-3H3,(H,13,14)(H2,12,15,16). The van der Waals surface area contributed by atoms with E-state index in [1.165, 1.54) is 5.38 Å². The summed E-state index contributed by atoms with van der Waals surface area (Å²) in [7, 11) is -3.74. The Bertz CT molecular complexity index is 534. The van der Waals surface area contributed by atoms with Gasteiger partial charge in [0.2, 0.25) is 10.0 Å². The molecule has 3 N–H and O–H groups in total. The number of thiophene rings is 1. The molecule has 1 unspecified atom stereocenters. The molecule has 1 aromatic rings. The van der Waals surface area contributed by atoms with E-state index in [1.54, 1.807) is 6.92 Å². The second kappa shape index (κ2) is 5.81. The lowest BCUT2D eigenvalue weighted by atomic mass is 10.1. The van der Waals surface area contributed by atoms with Gasteiger partial charge in [0.15, 0.2) is 0 Å². The van der Waals surface area contributed by atoms with Crippen LogP contribution in [0.25, 0.3) is 0 Å². The van der Waals surface area contributed by atoms with Crippen molar-refractivity contribution in [2.24, 2.45) is 11.1 Å². The van der Waals surface area contributed by atoms with Gasteiger partial charge in [0.1, 0.15) is 4.21 Å². The molecule has 0 saturated heterocycles. The molecule has 1 atom stereocenters. The van der Waals surface area contributed by atoms with Gasteiger partial charge in [0.25, 0.3) is 5.91 Å². The third-order valence-corrected chi connectivity index (χ3v) is 5.49. The van der Waals surface area contributed by atoms with Crippen LogP contribution in [-0.2, 0) is 10.0 Å². The number of nitrogens with one attached hydrogen (secondary N) is 1. The number of carbonyl (C=O) groups is 1. The minimum Gasteiger partial charge on any atom is -0.352 e. The predicted octanol–water partition coefficient (Wildman–Crippen LogP) is 1.48. The smallest absolute Gasteiger partial charge is 0.252 e. The molecule has 0 aliphatic carbocycles. The number of primary sulfonamides is 1. The van der Waals surface area contributed by atoms with Crippen molar-refractivity contribution in [3.05, 3.63) is 16.5 Å². The molecule has 5 nitrogen and oxygen atoms in total. The molecule has 0 saturated carbocycles. The number of amides is 1. The van der Waals surface area contributed by atoms with Crippen molar-refractivity contribution in [2.45, 2.75) is 31.4 Å². The minimum absolute atomic E-state index is 0.0520. The second-order valence-electron chi connectivity index (χ2n) is 4.33. The maximum absolute atomic E-state index is 11.9. The van der Waals surface area contributed by atoms with Gasteiger partial charge in [-0.1, -0.05) is 20.3 Å².